The van der Waals surface area contributed by atoms with E-state index in [-0.39, 0.29) is 10.8 Å². The van der Waals surface area contributed by atoms with E-state index in [0.29, 0.717) is 11.5 Å². The van der Waals surface area contributed by atoms with Crippen molar-refractivity contribution in [1.29, 1.82) is 0 Å². The Hall–Kier alpha value is -2.09. The molecule has 1 aromatic rings. The minimum absolute atomic E-state index is 0.146. The third-order valence-electron chi connectivity index (χ3n) is 6.23. The van der Waals surface area contributed by atoms with Crippen molar-refractivity contribution in [2.24, 2.45) is 16.7 Å². The minimum Gasteiger partial charge on any atom is -0.478 e. The van der Waals surface area contributed by atoms with E-state index in [1.807, 2.05) is 12.1 Å². The molecule has 0 fully saturated rings. The molecule has 2 heteroatoms. The summed E-state index contributed by atoms with van der Waals surface area (Å²) in [5.74, 6) is -0.311. The highest BCUT2D eigenvalue weighted by atomic mass is 16.4. The second-order valence-electron chi connectivity index (χ2n) is 8.99. The number of aromatic carboxylic acids is 1. The summed E-state index contributed by atoms with van der Waals surface area (Å²) in [5, 5.41) is 9.04. The zero-order chi connectivity index (χ0) is 19.1. The van der Waals surface area contributed by atoms with Crippen LogP contribution in [-0.4, -0.2) is 11.1 Å². The summed E-state index contributed by atoms with van der Waals surface area (Å²) >= 11 is 0. The SMILES string of the molecule is CC(=Cc1ccc(C(=O)O)cc1)C1CCC2=C(C1)C(C)(C)C=CC2(C)C. The van der Waals surface area contributed by atoms with Gasteiger partial charge in [0.15, 0.2) is 0 Å². The fraction of sp³-hybridized carbons (Fsp3) is 0.458. The lowest BCUT2D eigenvalue weighted by Gasteiger charge is -2.44. The van der Waals surface area contributed by atoms with Gasteiger partial charge >= 0.3 is 5.97 Å². The first-order valence-corrected chi connectivity index (χ1v) is 9.55. The van der Waals surface area contributed by atoms with Crippen molar-refractivity contribution in [2.75, 3.05) is 0 Å². The summed E-state index contributed by atoms with van der Waals surface area (Å²) in [6.07, 6.45) is 10.5. The van der Waals surface area contributed by atoms with Gasteiger partial charge in [0.1, 0.15) is 0 Å². The quantitative estimate of drug-likeness (QED) is 0.631. The van der Waals surface area contributed by atoms with Gasteiger partial charge in [-0.3, -0.25) is 0 Å². The van der Waals surface area contributed by atoms with E-state index in [1.54, 1.807) is 23.3 Å². The number of carboxylic acids is 1. The Labute approximate surface area is 157 Å². The van der Waals surface area contributed by atoms with Crippen LogP contribution >= 0.6 is 0 Å². The molecule has 1 atom stereocenters. The highest BCUT2D eigenvalue weighted by Gasteiger charge is 2.38. The molecule has 2 aliphatic carbocycles. The van der Waals surface area contributed by atoms with Crippen LogP contribution < -0.4 is 0 Å². The molecule has 0 saturated carbocycles. The summed E-state index contributed by atoms with van der Waals surface area (Å²) in [6, 6.07) is 7.16. The molecule has 2 aliphatic rings. The molecule has 1 aromatic carbocycles. The van der Waals surface area contributed by atoms with Crippen molar-refractivity contribution in [3.8, 4) is 0 Å². The molecule has 0 aromatic heterocycles. The molecule has 1 unspecified atom stereocenters. The molecule has 0 radical (unpaired) electrons. The van der Waals surface area contributed by atoms with Crippen LogP contribution in [0, 0.1) is 16.7 Å². The van der Waals surface area contributed by atoms with Crippen molar-refractivity contribution in [2.45, 2.75) is 53.9 Å². The molecule has 26 heavy (non-hydrogen) atoms. The molecule has 0 heterocycles. The first-order chi connectivity index (χ1) is 12.1. The summed E-state index contributed by atoms with van der Waals surface area (Å²) in [7, 11) is 0. The van der Waals surface area contributed by atoms with Gasteiger partial charge < -0.3 is 5.11 Å². The molecular weight excluding hydrogens is 320 g/mol. The Morgan fingerprint density at radius 2 is 1.62 bits per heavy atom. The average Bonchev–Trinajstić information content (AvgIpc) is 2.59. The monoisotopic (exact) mass is 350 g/mol. The second kappa shape index (κ2) is 6.57. The van der Waals surface area contributed by atoms with E-state index < -0.39 is 5.97 Å². The Kier molecular flexibility index (Phi) is 4.72. The zero-order valence-corrected chi connectivity index (χ0v) is 16.6. The van der Waals surface area contributed by atoms with Gasteiger partial charge in [0.25, 0.3) is 0 Å². The van der Waals surface area contributed by atoms with E-state index in [2.05, 4.69) is 52.8 Å². The van der Waals surface area contributed by atoms with Crippen LogP contribution in [0.3, 0.4) is 0 Å². The molecule has 0 saturated heterocycles. The highest BCUT2D eigenvalue weighted by Crippen LogP contribution is 2.52. The number of benzene rings is 1. The fourth-order valence-electron chi connectivity index (χ4n) is 4.41. The number of carboxylic acid groups (broad SMARTS) is 1. The molecule has 0 spiro atoms. The normalized spacial score (nSPS) is 24.3. The maximum absolute atomic E-state index is 11.0. The third kappa shape index (κ3) is 3.56. The number of hydrogen-bond acceptors (Lipinski definition) is 1. The van der Waals surface area contributed by atoms with Gasteiger partial charge in [-0.1, -0.05) is 74.8 Å². The third-order valence-corrected chi connectivity index (χ3v) is 6.23. The highest BCUT2D eigenvalue weighted by molar-refractivity contribution is 5.87. The van der Waals surface area contributed by atoms with Crippen molar-refractivity contribution < 1.29 is 9.90 Å². The smallest absolute Gasteiger partial charge is 0.335 e. The fourth-order valence-corrected chi connectivity index (χ4v) is 4.41. The predicted octanol–water partition coefficient (Wildman–Crippen LogP) is 6.51. The average molecular weight is 351 g/mol. The Morgan fingerprint density at radius 3 is 2.19 bits per heavy atom. The van der Waals surface area contributed by atoms with Crippen molar-refractivity contribution in [3.05, 3.63) is 64.3 Å². The van der Waals surface area contributed by atoms with Gasteiger partial charge in [-0.05, 0) is 49.8 Å². The van der Waals surface area contributed by atoms with Crippen LogP contribution in [0.25, 0.3) is 6.08 Å². The molecule has 2 nitrogen and oxygen atoms in total. The van der Waals surface area contributed by atoms with E-state index in [0.717, 1.165) is 12.0 Å². The number of carbonyl (C=O) groups is 1. The largest absolute Gasteiger partial charge is 0.478 e. The van der Waals surface area contributed by atoms with E-state index >= 15 is 0 Å². The van der Waals surface area contributed by atoms with Crippen LogP contribution in [0.15, 0.2) is 53.1 Å². The summed E-state index contributed by atoms with van der Waals surface area (Å²) in [6.45, 7) is 11.6. The van der Waals surface area contributed by atoms with E-state index in [4.69, 9.17) is 5.11 Å². The molecule has 3 rings (SSSR count). The first kappa shape index (κ1) is 18.7. The molecule has 0 aliphatic heterocycles. The van der Waals surface area contributed by atoms with Gasteiger partial charge in [-0.2, -0.15) is 0 Å². The van der Waals surface area contributed by atoms with Gasteiger partial charge in [0.05, 0.1) is 5.56 Å². The van der Waals surface area contributed by atoms with Crippen LogP contribution in [0.2, 0.25) is 0 Å². The minimum atomic E-state index is -0.876. The lowest BCUT2D eigenvalue weighted by atomic mass is 9.61. The predicted molar refractivity (Wildman–Crippen MR) is 108 cm³/mol. The Balaban J connectivity index is 1.83. The number of rotatable bonds is 3. The molecule has 138 valence electrons. The van der Waals surface area contributed by atoms with Crippen LogP contribution in [0.1, 0.15) is 69.8 Å². The molecule has 0 bridgehead atoms. The Bertz CT molecular complexity index is 801. The standard InChI is InChI=1S/C24H30O2/c1-16(14-17-6-8-18(9-7-17)22(25)26)19-10-11-20-21(15-19)24(4,5)13-12-23(20,2)3/h6-9,12-14,19H,10-11,15H2,1-5H3,(H,25,26). The Morgan fingerprint density at radius 1 is 1.04 bits per heavy atom. The lowest BCUT2D eigenvalue weighted by molar-refractivity contribution is 0.0697. The molecular formula is C24H30O2. The molecule has 0 amide bonds. The maximum Gasteiger partial charge on any atom is 0.335 e. The van der Waals surface area contributed by atoms with Gasteiger partial charge in [-0.15, -0.1) is 0 Å². The summed E-state index contributed by atoms with van der Waals surface area (Å²) in [4.78, 5) is 11.0. The van der Waals surface area contributed by atoms with Gasteiger partial charge in [0.2, 0.25) is 0 Å². The van der Waals surface area contributed by atoms with Crippen molar-refractivity contribution in [1.82, 2.24) is 0 Å². The van der Waals surface area contributed by atoms with Crippen molar-refractivity contribution >= 4 is 12.0 Å². The van der Waals surface area contributed by atoms with Crippen LogP contribution in [-0.2, 0) is 0 Å². The van der Waals surface area contributed by atoms with Crippen molar-refractivity contribution in [3.63, 3.8) is 0 Å². The topological polar surface area (TPSA) is 37.3 Å². The van der Waals surface area contributed by atoms with Gasteiger partial charge in [-0.25, -0.2) is 4.79 Å². The van der Waals surface area contributed by atoms with E-state index in [9.17, 15) is 4.79 Å². The van der Waals surface area contributed by atoms with E-state index in [1.165, 1.54) is 18.4 Å². The maximum atomic E-state index is 11.0. The number of allylic oxidation sites excluding steroid dienone is 5. The zero-order valence-electron chi connectivity index (χ0n) is 16.6. The lowest BCUT2D eigenvalue weighted by Crippen LogP contribution is -2.30. The molecule has 1 N–H and O–H groups in total. The first-order valence-electron chi connectivity index (χ1n) is 9.55. The summed E-state index contributed by atoms with van der Waals surface area (Å²) in [5.41, 5.74) is 6.39. The van der Waals surface area contributed by atoms with Crippen LogP contribution in [0.4, 0.5) is 0 Å². The van der Waals surface area contributed by atoms with Crippen LogP contribution in [0.5, 0.6) is 0 Å². The second-order valence-corrected chi connectivity index (χ2v) is 8.99. The number of hydrogen-bond donors (Lipinski definition) is 1. The summed E-state index contributed by atoms with van der Waals surface area (Å²) < 4.78 is 0. The van der Waals surface area contributed by atoms with Gasteiger partial charge in [0, 0.05) is 10.8 Å².